The van der Waals surface area contributed by atoms with Crippen molar-refractivity contribution in [2.75, 3.05) is 5.75 Å². The van der Waals surface area contributed by atoms with Gasteiger partial charge in [-0.05, 0) is 29.8 Å². The molecule has 0 fully saturated rings. The molecule has 6 heteroatoms. The van der Waals surface area contributed by atoms with E-state index in [0.29, 0.717) is 0 Å². The number of rotatable bonds is 5. The van der Waals surface area contributed by atoms with Crippen molar-refractivity contribution in [2.45, 2.75) is 12.1 Å². The fourth-order valence-corrected chi connectivity index (χ4v) is 3.94. The van der Waals surface area contributed by atoms with Crippen molar-refractivity contribution in [3.8, 4) is 0 Å². The first-order chi connectivity index (χ1) is 13.6. The molecule has 5 nitrogen and oxygen atoms in total. The fourth-order valence-electron chi connectivity index (χ4n) is 3.16. The first-order valence-electron chi connectivity index (χ1n) is 8.99. The third-order valence-corrected chi connectivity index (χ3v) is 5.64. The van der Waals surface area contributed by atoms with Crippen LogP contribution in [-0.4, -0.2) is 26.9 Å². The van der Waals surface area contributed by atoms with Gasteiger partial charge in [-0.15, -0.1) is 0 Å². The molecule has 0 radical (unpaired) electrons. The molecule has 0 aliphatic heterocycles. The zero-order chi connectivity index (χ0) is 19.5. The molecule has 28 heavy (non-hydrogen) atoms. The van der Waals surface area contributed by atoms with Crippen molar-refractivity contribution in [1.29, 1.82) is 0 Å². The smallest absolute Gasteiger partial charge is 0.250 e. The van der Waals surface area contributed by atoms with E-state index in [0.717, 1.165) is 38.2 Å². The molecule has 0 aliphatic carbocycles. The molecule has 1 amide bonds. The molecule has 4 aromatic rings. The molecule has 140 valence electrons. The van der Waals surface area contributed by atoms with Gasteiger partial charge in [-0.3, -0.25) is 4.79 Å². The summed E-state index contributed by atoms with van der Waals surface area (Å²) in [6, 6.07) is 22.2. The van der Waals surface area contributed by atoms with Gasteiger partial charge in [0.15, 0.2) is 5.16 Å². The van der Waals surface area contributed by atoms with Gasteiger partial charge in [-0.2, -0.15) is 5.10 Å². The highest BCUT2D eigenvalue weighted by Crippen LogP contribution is 2.22. The van der Waals surface area contributed by atoms with E-state index in [4.69, 9.17) is 0 Å². The first kappa shape index (κ1) is 18.3. The number of hydrogen-bond acceptors (Lipinski definition) is 4. The van der Waals surface area contributed by atoms with E-state index >= 15 is 0 Å². The van der Waals surface area contributed by atoms with Gasteiger partial charge in [0.25, 0.3) is 5.91 Å². The van der Waals surface area contributed by atoms with Crippen molar-refractivity contribution in [3.05, 3.63) is 72.3 Å². The van der Waals surface area contributed by atoms with E-state index in [1.165, 1.54) is 11.8 Å². The van der Waals surface area contributed by atoms with Crippen LogP contribution >= 0.6 is 11.8 Å². The average Bonchev–Trinajstić information content (AvgIpc) is 3.06. The largest absolute Gasteiger partial charge is 0.322 e. The Morgan fingerprint density at radius 2 is 1.82 bits per heavy atom. The van der Waals surface area contributed by atoms with E-state index in [1.54, 1.807) is 0 Å². The maximum absolute atomic E-state index is 12.3. The summed E-state index contributed by atoms with van der Waals surface area (Å²) in [4.78, 5) is 16.8. The molecule has 0 unspecified atom stereocenters. The summed E-state index contributed by atoms with van der Waals surface area (Å²) in [6.07, 6.45) is 0. The molecule has 0 aliphatic rings. The number of hydrogen-bond donors (Lipinski definition) is 1. The lowest BCUT2D eigenvalue weighted by molar-refractivity contribution is -0.118. The number of aromatic nitrogens is 2. The Bertz CT molecular complexity index is 1190. The standard InChI is InChI=1S/C22H20N4OS/c1-15(17-11-7-9-16-8-3-4-10-18(16)17)24-25-21(27)14-28-22-23-19-12-5-6-13-20(19)26(22)2/h3-13H,14H2,1-2H3,(H,25,27)/b24-15-. The minimum absolute atomic E-state index is 0.156. The predicted octanol–water partition coefficient (Wildman–Crippen LogP) is 4.36. The molecule has 0 bridgehead atoms. The number of thioether (sulfide) groups is 1. The van der Waals surface area contributed by atoms with Crippen LogP contribution in [0.15, 0.2) is 77.0 Å². The van der Waals surface area contributed by atoms with Crippen molar-refractivity contribution < 1.29 is 4.79 Å². The van der Waals surface area contributed by atoms with Crippen molar-refractivity contribution in [3.63, 3.8) is 0 Å². The predicted molar refractivity (Wildman–Crippen MR) is 116 cm³/mol. The number of carbonyl (C=O) groups excluding carboxylic acids is 1. The van der Waals surface area contributed by atoms with Crippen molar-refractivity contribution in [1.82, 2.24) is 15.0 Å². The molecular weight excluding hydrogens is 368 g/mol. The second kappa shape index (κ2) is 7.86. The number of aryl methyl sites for hydroxylation is 1. The highest BCUT2D eigenvalue weighted by atomic mass is 32.2. The lowest BCUT2D eigenvalue weighted by Gasteiger charge is -2.07. The highest BCUT2D eigenvalue weighted by molar-refractivity contribution is 7.99. The van der Waals surface area contributed by atoms with E-state index < -0.39 is 0 Å². The lowest BCUT2D eigenvalue weighted by atomic mass is 10.0. The number of para-hydroxylation sites is 2. The molecule has 1 aromatic heterocycles. The van der Waals surface area contributed by atoms with Gasteiger partial charge in [0.2, 0.25) is 0 Å². The molecule has 4 rings (SSSR count). The van der Waals surface area contributed by atoms with Gasteiger partial charge in [0, 0.05) is 12.6 Å². The number of imidazole rings is 1. The quantitative estimate of drug-likeness (QED) is 0.314. The van der Waals surface area contributed by atoms with E-state index in [1.807, 2.05) is 67.1 Å². The maximum Gasteiger partial charge on any atom is 0.250 e. The Hall–Kier alpha value is -3.12. The Morgan fingerprint density at radius 1 is 1.07 bits per heavy atom. The molecule has 0 spiro atoms. The Morgan fingerprint density at radius 3 is 2.68 bits per heavy atom. The summed E-state index contributed by atoms with van der Waals surface area (Å²) in [5, 5.41) is 7.38. The van der Waals surface area contributed by atoms with E-state index in [2.05, 4.69) is 33.7 Å². The SMILES string of the molecule is C/C(=N/NC(=O)CSc1nc2ccccc2n1C)c1cccc2ccccc12. The monoisotopic (exact) mass is 388 g/mol. The van der Waals surface area contributed by atoms with Gasteiger partial charge in [0.1, 0.15) is 0 Å². The number of carbonyl (C=O) groups is 1. The zero-order valence-electron chi connectivity index (χ0n) is 15.7. The van der Waals surface area contributed by atoms with Gasteiger partial charge in [-0.1, -0.05) is 66.4 Å². The Balaban J connectivity index is 1.44. The van der Waals surface area contributed by atoms with Crippen LogP contribution in [0.5, 0.6) is 0 Å². The second-order valence-corrected chi connectivity index (χ2v) is 7.43. The van der Waals surface area contributed by atoms with Crippen LogP contribution in [0.3, 0.4) is 0 Å². The molecular formula is C22H20N4OS. The summed E-state index contributed by atoms with van der Waals surface area (Å²) >= 11 is 1.40. The van der Waals surface area contributed by atoms with Gasteiger partial charge < -0.3 is 4.57 Å². The Kier molecular flexibility index (Phi) is 5.12. The van der Waals surface area contributed by atoms with Gasteiger partial charge in [-0.25, -0.2) is 10.4 Å². The third-order valence-electron chi connectivity index (χ3n) is 4.61. The molecule has 0 saturated carbocycles. The number of amides is 1. The highest BCUT2D eigenvalue weighted by Gasteiger charge is 2.10. The van der Waals surface area contributed by atoms with Crippen molar-refractivity contribution in [2.24, 2.45) is 12.1 Å². The van der Waals surface area contributed by atoms with Crippen LogP contribution in [0.2, 0.25) is 0 Å². The van der Waals surface area contributed by atoms with Crippen LogP contribution in [0.25, 0.3) is 21.8 Å². The minimum atomic E-state index is -0.156. The normalized spacial score (nSPS) is 11.9. The summed E-state index contributed by atoms with van der Waals surface area (Å²) in [5.41, 5.74) is 6.43. The minimum Gasteiger partial charge on any atom is -0.322 e. The van der Waals surface area contributed by atoms with Crippen LogP contribution in [-0.2, 0) is 11.8 Å². The maximum atomic E-state index is 12.3. The topological polar surface area (TPSA) is 59.3 Å². The molecule has 0 atom stereocenters. The van der Waals surface area contributed by atoms with Crippen LogP contribution < -0.4 is 5.43 Å². The molecule has 1 N–H and O–H groups in total. The zero-order valence-corrected chi connectivity index (χ0v) is 16.5. The number of nitrogens with one attached hydrogen (secondary N) is 1. The van der Waals surface area contributed by atoms with Crippen molar-refractivity contribution >= 4 is 45.2 Å². The van der Waals surface area contributed by atoms with Gasteiger partial charge >= 0.3 is 0 Å². The first-order valence-corrected chi connectivity index (χ1v) is 9.97. The molecule has 3 aromatic carbocycles. The van der Waals surface area contributed by atoms with Crippen LogP contribution in [0, 0.1) is 0 Å². The lowest BCUT2D eigenvalue weighted by Crippen LogP contribution is -2.21. The Labute approximate surface area is 167 Å². The second-order valence-electron chi connectivity index (χ2n) is 6.49. The summed E-state index contributed by atoms with van der Waals surface area (Å²) in [5.74, 6) is 0.0976. The summed E-state index contributed by atoms with van der Waals surface area (Å²) in [7, 11) is 1.96. The van der Waals surface area contributed by atoms with Gasteiger partial charge in [0.05, 0.1) is 22.5 Å². The number of fused-ring (bicyclic) bond motifs is 2. The number of benzene rings is 3. The molecule has 1 heterocycles. The molecule has 0 saturated heterocycles. The van der Waals surface area contributed by atoms with E-state index in [9.17, 15) is 4.79 Å². The number of hydrazone groups is 1. The average molecular weight is 388 g/mol. The van der Waals surface area contributed by atoms with Crippen LogP contribution in [0.1, 0.15) is 12.5 Å². The van der Waals surface area contributed by atoms with Crippen LogP contribution in [0.4, 0.5) is 0 Å². The fraction of sp³-hybridized carbons (Fsp3) is 0.136. The number of nitrogens with zero attached hydrogens (tertiary/aromatic N) is 3. The summed E-state index contributed by atoms with van der Waals surface area (Å²) in [6.45, 7) is 1.90. The van der Waals surface area contributed by atoms with E-state index in [-0.39, 0.29) is 11.7 Å². The third kappa shape index (κ3) is 3.64. The summed E-state index contributed by atoms with van der Waals surface area (Å²) < 4.78 is 2.00.